The standard InChI is InChI=1S/C10H18N2O2S/c1-8-10(15-7-12-8)5-11-9(3-4-13)6-14-2/h7,9,11,13H,3-6H2,1-2H3. The number of rotatable bonds is 7. The van der Waals surface area contributed by atoms with Gasteiger partial charge in [-0.05, 0) is 13.3 Å². The molecule has 0 aromatic carbocycles. The Hall–Kier alpha value is -0.490. The van der Waals surface area contributed by atoms with Crippen LogP contribution < -0.4 is 5.32 Å². The number of nitrogens with zero attached hydrogens (tertiary/aromatic N) is 1. The van der Waals surface area contributed by atoms with Gasteiger partial charge in [-0.1, -0.05) is 0 Å². The average molecular weight is 230 g/mol. The molecule has 0 aliphatic rings. The van der Waals surface area contributed by atoms with Crippen molar-refractivity contribution in [1.82, 2.24) is 10.3 Å². The highest BCUT2D eigenvalue weighted by atomic mass is 32.1. The highest BCUT2D eigenvalue weighted by Gasteiger charge is 2.08. The quantitative estimate of drug-likeness (QED) is 0.732. The molecule has 0 radical (unpaired) electrons. The molecule has 2 N–H and O–H groups in total. The Kier molecular flexibility index (Phi) is 5.78. The Morgan fingerprint density at radius 2 is 2.47 bits per heavy atom. The van der Waals surface area contributed by atoms with Gasteiger partial charge < -0.3 is 15.2 Å². The van der Waals surface area contributed by atoms with Crippen molar-refractivity contribution in [3.8, 4) is 0 Å². The van der Waals surface area contributed by atoms with Crippen LogP contribution in [-0.4, -0.2) is 36.5 Å². The first kappa shape index (κ1) is 12.6. The summed E-state index contributed by atoms with van der Waals surface area (Å²) in [6.07, 6.45) is 0.714. The number of methoxy groups -OCH3 is 1. The molecule has 0 fully saturated rings. The van der Waals surface area contributed by atoms with E-state index in [0.29, 0.717) is 13.0 Å². The van der Waals surface area contributed by atoms with Crippen LogP contribution in [0.15, 0.2) is 5.51 Å². The summed E-state index contributed by atoms with van der Waals surface area (Å²) in [6.45, 7) is 3.61. The third kappa shape index (κ3) is 4.25. The summed E-state index contributed by atoms with van der Waals surface area (Å²) in [6, 6.07) is 0.210. The summed E-state index contributed by atoms with van der Waals surface area (Å²) >= 11 is 1.65. The van der Waals surface area contributed by atoms with E-state index in [9.17, 15) is 0 Å². The number of nitrogens with one attached hydrogen (secondary N) is 1. The molecule has 1 unspecified atom stereocenters. The van der Waals surface area contributed by atoms with Crippen LogP contribution in [0.1, 0.15) is 17.0 Å². The van der Waals surface area contributed by atoms with E-state index in [1.807, 2.05) is 12.4 Å². The highest BCUT2D eigenvalue weighted by molar-refractivity contribution is 7.09. The fraction of sp³-hybridized carbons (Fsp3) is 0.700. The summed E-state index contributed by atoms with van der Waals surface area (Å²) in [5.41, 5.74) is 2.93. The molecular weight excluding hydrogens is 212 g/mol. The smallest absolute Gasteiger partial charge is 0.0798 e. The predicted molar refractivity (Wildman–Crippen MR) is 61.1 cm³/mol. The topological polar surface area (TPSA) is 54.4 Å². The van der Waals surface area contributed by atoms with Gasteiger partial charge in [-0.2, -0.15) is 0 Å². The summed E-state index contributed by atoms with van der Waals surface area (Å²) in [7, 11) is 1.67. The first-order chi connectivity index (χ1) is 7.27. The highest BCUT2D eigenvalue weighted by Crippen LogP contribution is 2.11. The van der Waals surface area contributed by atoms with Gasteiger partial charge in [-0.15, -0.1) is 11.3 Å². The van der Waals surface area contributed by atoms with Gasteiger partial charge in [-0.25, -0.2) is 4.98 Å². The fourth-order valence-electron chi connectivity index (χ4n) is 1.33. The summed E-state index contributed by atoms with van der Waals surface area (Å²) in [5.74, 6) is 0. The van der Waals surface area contributed by atoms with Crippen molar-refractivity contribution in [2.45, 2.75) is 25.9 Å². The second-order valence-corrected chi connectivity index (χ2v) is 4.35. The molecule has 1 aromatic heterocycles. The maximum atomic E-state index is 8.87. The number of hydrogen-bond acceptors (Lipinski definition) is 5. The molecule has 1 rings (SSSR count). The molecule has 1 heterocycles. The lowest BCUT2D eigenvalue weighted by molar-refractivity contribution is 0.148. The van der Waals surface area contributed by atoms with Gasteiger partial charge in [0, 0.05) is 31.2 Å². The van der Waals surface area contributed by atoms with Gasteiger partial charge in [0.15, 0.2) is 0 Å². The lowest BCUT2D eigenvalue weighted by Gasteiger charge is -2.16. The Balaban J connectivity index is 2.36. The minimum absolute atomic E-state index is 0.183. The van der Waals surface area contributed by atoms with E-state index >= 15 is 0 Å². The molecule has 0 saturated carbocycles. The van der Waals surface area contributed by atoms with Crippen molar-refractivity contribution in [2.75, 3.05) is 20.3 Å². The first-order valence-electron chi connectivity index (χ1n) is 5.00. The van der Waals surface area contributed by atoms with Crippen molar-refractivity contribution in [1.29, 1.82) is 0 Å². The Morgan fingerprint density at radius 3 is 3.00 bits per heavy atom. The van der Waals surface area contributed by atoms with Gasteiger partial charge in [-0.3, -0.25) is 0 Å². The van der Waals surface area contributed by atoms with Crippen LogP contribution >= 0.6 is 11.3 Å². The molecule has 1 aromatic rings. The number of aliphatic hydroxyl groups excluding tert-OH is 1. The van der Waals surface area contributed by atoms with Crippen LogP contribution in [0.25, 0.3) is 0 Å². The lowest BCUT2D eigenvalue weighted by atomic mass is 10.2. The van der Waals surface area contributed by atoms with E-state index in [1.165, 1.54) is 4.88 Å². The maximum absolute atomic E-state index is 8.87. The zero-order valence-electron chi connectivity index (χ0n) is 9.19. The van der Waals surface area contributed by atoms with E-state index in [-0.39, 0.29) is 12.6 Å². The van der Waals surface area contributed by atoms with E-state index in [2.05, 4.69) is 10.3 Å². The van der Waals surface area contributed by atoms with Crippen molar-refractivity contribution < 1.29 is 9.84 Å². The molecule has 15 heavy (non-hydrogen) atoms. The Bertz CT molecular complexity index is 272. The molecule has 86 valence electrons. The molecule has 0 aliphatic heterocycles. The Labute approximate surface area is 94.3 Å². The van der Waals surface area contributed by atoms with E-state index in [4.69, 9.17) is 9.84 Å². The molecule has 1 atom stereocenters. The summed E-state index contributed by atoms with van der Waals surface area (Å²) < 4.78 is 5.07. The largest absolute Gasteiger partial charge is 0.396 e. The monoisotopic (exact) mass is 230 g/mol. The first-order valence-corrected chi connectivity index (χ1v) is 5.88. The number of ether oxygens (including phenoxy) is 1. The third-order valence-corrected chi connectivity index (χ3v) is 3.18. The van der Waals surface area contributed by atoms with Crippen molar-refractivity contribution in [3.63, 3.8) is 0 Å². The van der Waals surface area contributed by atoms with Gasteiger partial charge in [0.05, 0.1) is 17.8 Å². The maximum Gasteiger partial charge on any atom is 0.0798 e. The minimum Gasteiger partial charge on any atom is -0.396 e. The van der Waals surface area contributed by atoms with Gasteiger partial charge >= 0.3 is 0 Å². The average Bonchev–Trinajstić information content (AvgIpc) is 2.61. The van der Waals surface area contributed by atoms with Crippen molar-refractivity contribution in [3.05, 3.63) is 16.1 Å². The number of aliphatic hydroxyl groups is 1. The number of thiazole rings is 1. The van der Waals surface area contributed by atoms with Crippen molar-refractivity contribution >= 4 is 11.3 Å². The molecule has 4 nitrogen and oxygen atoms in total. The fourth-order valence-corrected chi connectivity index (χ4v) is 2.06. The molecule has 0 aliphatic carbocycles. The minimum atomic E-state index is 0.183. The van der Waals surface area contributed by atoms with Crippen LogP contribution in [0.3, 0.4) is 0 Å². The summed E-state index contributed by atoms with van der Waals surface area (Å²) in [4.78, 5) is 5.43. The summed E-state index contributed by atoms with van der Waals surface area (Å²) in [5, 5.41) is 12.2. The normalized spacial score (nSPS) is 13.0. The van der Waals surface area contributed by atoms with E-state index < -0.39 is 0 Å². The van der Waals surface area contributed by atoms with Gasteiger partial charge in [0.25, 0.3) is 0 Å². The number of hydrogen-bond donors (Lipinski definition) is 2. The second kappa shape index (κ2) is 6.90. The SMILES string of the molecule is COCC(CCO)NCc1scnc1C. The number of aromatic nitrogens is 1. The van der Waals surface area contributed by atoms with E-state index in [1.54, 1.807) is 18.4 Å². The van der Waals surface area contributed by atoms with Gasteiger partial charge in [0.1, 0.15) is 0 Å². The predicted octanol–water partition coefficient (Wildman–Crippen LogP) is 0.939. The third-order valence-electron chi connectivity index (χ3n) is 2.24. The zero-order chi connectivity index (χ0) is 11.1. The number of aryl methyl sites for hydroxylation is 1. The van der Waals surface area contributed by atoms with Crippen LogP contribution in [-0.2, 0) is 11.3 Å². The molecular formula is C10H18N2O2S. The second-order valence-electron chi connectivity index (χ2n) is 3.41. The van der Waals surface area contributed by atoms with E-state index in [0.717, 1.165) is 12.2 Å². The van der Waals surface area contributed by atoms with Crippen molar-refractivity contribution in [2.24, 2.45) is 0 Å². The molecule has 0 amide bonds. The zero-order valence-corrected chi connectivity index (χ0v) is 10.0. The Morgan fingerprint density at radius 1 is 1.67 bits per heavy atom. The van der Waals surface area contributed by atoms with Crippen LogP contribution in [0.5, 0.6) is 0 Å². The molecule has 5 heteroatoms. The van der Waals surface area contributed by atoms with Gasteiger partial charge in [0.2, 0.25) is 0 Å². The lowest BCUT2D eigenvalue weighted by Crippen LogP contribution is -2.33. The molecule has 0 bridgehead atoms. The molecule has 0 saturated heterocycles. The van der Waals surface area contributed by atoms with Crippen LogP contribution in [0.4, 0.5) is 0 Å². The van der Waals surface area contributed by atoms with Crippen LogP contribution in [0.2, 0.25) is 0 Å². The molecule has 0 spiro atoms. The van der Waals surface area contributed by atoms with Crippen LogP contribution in [0, 0.1) is 6.92 Å².